The average Bonchev–Trinajstić information content (AvgIpc) is 2.98. The number of amides is 2. The fourth-order valence-electron chi connectivity index (χ4n) is 4.37. The molecular formula is C32H41N3O6S. The highest BCUT2D eigenvalue weighted by atomic mass is 32.2. The van der Waals surface area contributed by atoms with Crippen molar-refractivity contribution < 1.29 is 27.5 Å². The average molecular weight is 596 g/mol. The van der Waals surface area contributed by atoms with Gasteiger partial charge in [0.15, 0.2) is 11.5 Å². The van der Waals surface area contributed by atoms with E-state index in [4.69, 9.17) is 9.47 Å². The van der Waals surface area contributed by atoms with E-state index in [0.29, 0.717) is 24.5 Å². The molecule has 3 rings (SSSR count). The quantitative estimate of drug-likeness (QED) is 0.296. The number of rotatable bonds is 14. The Balaban J connectivity index is 2.02. The summed E-state index contributed by atoms with van der Waals surface area (Å²) in [5.41, 5.74) is 2.12. The lowest BCUT2D eigenvalue weighted by Crippen LogP contribution is -2.52. The third-order valence-corrected chi connectivity index (χ3v) is 8.67. The molecule has 0 fully saturated rings. The fourth-order valence-corrected chi connectivity index (χ4v) is 5.77. The van der Waals surface area contributed by atoms with Crippen LogP contribution in [0.5, 0.6) is 11.5 Å². The summed E-state index contributed by atoms with van der Waals surface area (Å²) in [6.07, 6.45) is 0.495. The van der Waals surface area contributed by atoms with Crippen molar-refractivity contribution in [3.63, 3.8) is 0 Å². The predicted molar refractivity (Wildman–Crippen MR) is 164 cm³/mol. The SMILES string of the molecule is COc1ccc(N(CC(=O)N(CCc2ccccc2)[C@@H](C)C(=O)NCC(C)C)S(=O)(=O)c2ccc(C)cc2)cc1OC. The molecule has 1 N–H and O–H groups in total. The molecular weight excluding hydrogens is 554 g/mol. The van der Waals surface area contributed by atoms with E-state index in [2.05, 4.69) is 5.32 Å². The van der Waals surface area contributed by atoms with Gasteiger partial charge in [-0.05, 0) is 56.0 Å². The fraction of sp³-hybridized carbons (Fsp3) is 0.375. The van der Waals surface area contributed by atoms with Crippen LogP contribution < -0.4 is 19.1 Å². The molecule has 9 nitrogen and oxygen atoms in total. The monoisotopic (exact) mass is 595 g/mol. The molecule has 0 saturated heterocycles. The zero-order chi connectivity index (χ0) is 30.9. The van der Waals surface area contributed by atoms with Crippen LogP contribution >= 0.6 is 0 Å². The number of benzene rings is 3. The molecule has 0 aliphatic carbocycles. The van der Waals surface area contributed by atoms with Gasteiger partial charge in [0.2, 0.25) is 11.8 Å². The minimum atomic E-state index is -4.19. The molecule has 0 aliphatic rings. The van der Waals surface area contributed by atoms with E-state index in [0.717, 1.165) is 15.4 Å². The summed E-state index contributed by atoms with van der Waals surface area (Å²) in [6, 6.07) is 19.9. The van der Waals surface area contributed by atoms with Gasteiger partial charge in [-0.3, -0.25) is 13.9 Å². The standard InChI is InChI=1S/C32H41N3O6S/c1-23(2)21-33-32(37)25(4)34(19-18-26-10-8-7-9-11-26)31(36)22-35(27-14-17-29(40-5)30(20-27)41-6)42(38,39)28-15-12-24(3)13-16-28/h7-17,20,23,25H,18-19,21-22H2,1-6H3,(H,33,37)/t25-/m0/s1. The number of aryl methyl sites for hydroxylation is 1. The normalized spacial score (nSPS) is 12.0. The smallest absolute Gasteiger partial charge is 0.264 e. The first-order valence-corrected chi connectivity index (χ1v) is 15.3. The van der Waals surface area contributed by atoms with E-state index in [-0.39, 0.29) is 29.0 Å². The Bertz CT molecular complexity index is 1440. The summed E-state index contributed by atoms with van der Waals surface area (Å²) >= 11 is 0. The number of carbonyl (C=O) groups excluding carboxylic acids is 2. The maximum atomic E-state index is 14.0. The van der Waals surface area contributed by atoms with Crippen molar-refractivity contribution in [2.75, 3.05) is 38.2 Å². The minimum Gasteiger partial charge on any atom is -0.493 e. The molecule has 10 heteroatoms. The van der Waals surface area contributed by atoms with Gasteiger partial charge < -0.3 is 19.7 Å². The van der Waals surface area contributed by atoms with Crippen LogP contribution in [-0.2, 0) is 26.0 Å². The van der Waals surface area contributed by atoms with Crippen molar-refractivity contribution in [3.8, 4) is 11.5 Å². The van der Waals surface area contributed by atoms with E-state index in [1.54, 1.807) is 31.2 Å². The maximum Gasteiger partial charge on any atom is 0.264 e. The Morgan fingerprint density at radius 1 is 0.881 bits per heavy atom. The first kappa shape index (κ1) is 32.5. The maximum absolute atomic E-state index is 14.0. The van der Waals surface area contributed by atoms with E-state index >= 15 is 0 Å². The second-order valence-electron chi connectivity index (χ2n) is 10.5. The highest BCUT2D eigenvalue weighted by Crippen LogP contribution is 2.34. The van der Waals surface area contributed by atoms with Crippen LogP contribution in [0.4, 0.5) is 5.69 Å². The molecule has 0 heterocycles. The Morgan fingerprint density at radius 2 is 1.52 bits per heavy atom. The Labute approximate surface area is 249 Å². The molecule has 0 aliphatic heterocycles. The lowest BCUT2D eigenvalue weighted by atomic mass is 10.1. The molecule has 3 aromatic carbocycles. The van der Waals surface area contributed by atoms with E-state index in [9.17, 15) is 18.0 Å². The number of hydrogen-bond donors (Lipinski definition) is 1. The molecule has 42 heavy (non-hydrogen) atoms. The Hall–Kier alpha value is -4.05. The second-order valence-corrected chi connectivity index (χ2v) is 12.4. The van der Waals surface area contributed by atoms with E-state index < -0.39 is 28.5 Å². The zero-order valence-electron chi connectivity index (χ0n) is 25.2. The molecule has 226 valence electrons. The number of anilines is 1. The van der Waals surface area contributed by atoms with Crippen LogP contribution in [0.25, 0.3) is 0 Å². The van der Waals surface area contributed by atoms with Crippen molar-refractivity contribution >= 4 is 27.5 Å². The molecule has 1 atom stereocenters. The molecule has 0 aromatic heterocycles. The molecule has 0 unspecified atom stereocenters. The zero-order valence-corrected chi connectivity index (χ0v) is 26.0. The number of nitrogens with zero attached hydrogens (tertiary/aromatic N) is 2. The predicted octanol–water partition coefficient (Wildman–Crippen LogP) is 4.44. The summed E-state index contributed by atoms with van der Waals surface area (Å²) in [5.74, 6) is 0.150. The third-order valence-electron chi connectivity index (χ3n) is 6.88. The van der Waals surface area contributed by atoms with Gasteiger partial charge in [-0.25, -0.2) is 8.42 Å². The molecule has 3 aromatic rings. The van der Waals surface area contributed by atoms with Crippen molar-refractivity contribution in [3.05, 3.63) is 83.9 Å². The van der Waals surface area contributed by atoms with Gasteiger partial charge in [0.25, 0.3) is 10.0 Å². The number of nitrogens with one attached hydrogen (secondary N) is 1. The van der Waals surface area contributed by atoms with Gasteiger partial charge in [0, 0.05) is 19.2 Å². The van der Waals surface area contributed by atoms with Gasteiger partial charge in [-0.15, -0.1) is 0 Å². The number of carbonyl (C=O) groups is 2. The van der Waals surface area contributed by atoms with Gasteiger partial charge >= 0.3 is 0 Å². The second kappa shape index (κ2) is 14.7. The summed E-state index contributed by atoms with van der Waals surface area (Å²) in [5, 5.41) is 2.89. The highest BCUT2D eigenvalue weighted by Gasteiger charge is 2.32. The number of ether oxygens (including phenoxy) is 2. The van der Waals surface area contributed by atoms with Crippen LogP contribution in [0.15, 0.2) is 77.7 Å². The first-order valence-electron chi connectivity index (χ1n) is 13.9. The van der Waals surface area contributed by atoms with Crippen molar-refractivity contribution in [1.29, 1.82) is 0 Å². The number of hydrogen-bond acceptors (Lipinski definition) is 6. The van der Waals surface area contributed by atoms with Crippen LogP contribution in [0.1, 0.15) is 31.9 Å². The minimum absolute atomic E-state index is 0.0363. The molecule has 0 saturated carbocycles. The summed E-state index contributed by atoms with van der Waals surface area (Å²) in [6.45, 7) is 7.66. The lowest BCUT2D eigenvalue weighted by Gasteiger charge is -2.32. The molecule has 2 amide bonds. The van der Waals surface area contributed by atoms with Crippen LogP contribution in [0.2, 0.25) is 0 Å². The lowest BCUT2D eigenvalue weighted by molar-refractivity contribution is -0.138. The van der Waals surface area contributed by atoms with Crippen molar-refractivity contribution in [1.82, 2.24) is 10.2 Å². The summed E-state index contributed by atoms with van der Waals surface area (Å²) < 4.78 is 39.8. The van der Waals surface area contributed by atoms with E-state index in [1.807, 2.05) is 51.1 Å². The summed E-state index contributed by atoms with van der Waals surface area (Å²) in [7, 11) is -1.25. The highest BCUT2D eigenvalue weighted by molar-refractivity contribution is 7.92. The van der Waals surface area contributed by atoms with Crippen LogP contribution in [-0.4, -0.2) is 65.0 Å². The number of methoxy groups -OCH3 is 2. The van der Waals surface area contributed by atoms with Crippen LogP contribution in [0, 0.1) is 12.8 Å². The molecule has 0 spiro atoms. The Morgan fingerprint density at radius 3 is 2.12 bits per heavy atom. The van der Waals surface area contributed by atoms with E-state index in [1.165, 1.54) is 37.3 Å². The van der Waals surface area contributed by atoms with Gasteiger partial charge in [0.1, 0.15) is 12.6 Å². The third kappa shape index (κ3) is 8.25. The van der Waals surface area contributed by atoms with Crippen LogP contribution in [0.3, 0.4) is 0 Å². The topological polar surface area (TPSA) is 105 Å². The first-order chi connectivity index (χ1) is 20.0. The molecule has 0 bridgehead atoms. The summed E-state index contributed by atoms with van der Waals surface area (Å²) in [4.78, 5) is 28.6. The van der Waals surface area contributed by atoms with Gasteiger partial charge in [-0.1, -0.05) is 61.9 Å². The Kier molecular flexibility index (Phi) is 11.4. The largest absolute Gasteiger partial charge is 0.493 e. The van der Waals surface area contributed by atoms with Gasteiger partial charge in [0.05, 0.1) is 24.8 Å². The van der Waals surface area contributed by atoms with Crippen molar-refractivity contribution in [2.24, 2.45) is 5.92 Å². The number of sulfonamides is 1. The molecule has 0 radical (unpaired) electrons. The van der Waals surface area contributed by atoms with Crippen molar-refractivity contribution in [2.45, 2.75) is 45.1 Å². The van der Waals surface area contributed by atoms with Gasteiger partial charge in [-0.2, -0.15) is 0 Å².